The molecule has 120 valence electrons. The number of ether oxygens (including phenoxy) is 1. The second kappa shape index (κ2) is 11.0. The predicted octanol–water partition coefficient (Wildman–Crippen LogP) is 3.95. The highest BCUT2D eigenvalue weighted by Gasteiger charge is 2.11. The largest absolute Gasteiger partial charge is 0.389 e. The third kappa shape index (κ3) is 7.82. The summed E-state index contributed by atoms with van der Waals surface area (Å²) in [5.41, 5.74) is 1.05. The fraction of sp³-hybridized carbons (Fsp3) is 0.647. The molecule has 0 bridgehead atoms. The highest BCUT2D eigenvalue weighted by Crippen LogP contribution is 2.21. The fourth-order valence-corrected chi connectivity index (χ4v) is 2.46. The molecule has 0 saturated carbocycles. The summed E-state index contributed by atoms with van der Waals surface area (Å²) in [7, 11) is 0. The lowest BCUT2D eigenvalue weighted by molar-refractivity contribution is 0.0343. The van der Waals surface area contributed by atoms with Crippen LogP contribution in [0.25, 0.3) is 0 Å². The van der Waals surface area contributed by atoms with E-state index in [-0.39, 0.29) is 6.04 Å². The van der Waals surface area contributed by atoms with Gasteiger partial charge in [-0.2, -0.15) is 0 Å². The topological polar surface area (TPSA) is 41.5 Å². The van der Waals surface area contributed by atoms with Crippen LogP contribution in [0.5, 0.6) is 0 Å². The van der Waals surface area contributed by atoms with Gasteiger partial charge in [0.05, 0.1) is 12.7 Å². The molecule has 0 spiro atoms. The lowest BCUT2D eigenvalue weighted by Crippen LogP contribution is -2.32. The molecular formula is C17H28ClNO2. The van der Waals surface area contributed by atoms with Crippen LogP contribution in [0.3, 0.4) is 0 Å². The van der Waals surface area contributed by atoms with Crippen molar-refractivity contribution < 1.29 is 9.84 Å². The van der Waals surface area contributed by atoms with Crippen molar-refractivity contribution in [2.24, 2.45) is 0 Å². The maximum absolute atomic E-state index is 9.90. The molecule has 21 heavy (non-hydrogen) atoms. The average molecular weight is 314 g/mol. The van der Waals surface area contributed by atoms with E-state index in [9.17, 15) is 5.11 Å². The van der Waals surface area contributed by atoms with E-state index in [2.05, 4.69) is 12.2 Å². The second-order valence-electron chi connectivity index (χ2n) is 5.44. The Morgan fingerprint density at radius 3 is 2.71 bits per heavy atom. The Bertz CT molecular complexity index is 387. The van der Waals surface area contributed by atoms with Gasteiger partial charge in [0.1, 0.15) is 0 Å². The number of halogens is 1. The number of nitrogens with one attached hydrogen (secondary N) is 1. The van der Waals surface area contributed by atoms with Crippen molar-refractivity contribution in [2.45, 2.75) is 51.7 Å². The summed E-state index contributed by atoms with van der Waals surface area (Å²) >= 11 is 6.15. The van der Waals surface area contributed by atoms with Gasteiger partial charge in [-0.1, -0.05) is 56.0 Å². The first kappa shape index (κ1) is 18.4. The van der Waals surface area contributed by atoms with Gasteiger partial charge in [0.15, 0.2) is 0 Å². The first-order chi connectivity index (χ1) is 10.1. The van der Waals surface area contributed by atoms with Gasteiger partial charge < -0.3 is 15.2 Å². The SMILES string of the molecule is CCCCCCOCC(O)CN[C@H](C)c1ccccc1Cl. The molecule has 1 aromatic rings. The minimum absolute atomic E-state index is 0.109. The maximum Gasteiger partial charge on any atom is 0.0897 e. The summed E-state index contributed by atoms with van der Waals surface area (Å²) in [5, 5.41) is 13.9. The van der Waals surface area contributed by atoms with Gasteiger partial charge in [-0.25, -0.2) is 0 Å². The summed E-state index contributed by atoms with van der Waals surface area (Å²) in [6.45, 7) is 5.85. The van der Waals surface area contributed by atoms with Crippen molar-refractivity contribution in [3.8, 4) is 0 Å². The van der Waals surface area contributed by atoms with E-state index in [0.29, 0.717) is 13.2 Å². The zero-order valence-electron chi connectivity index (χ0n) is 13.1. The number of benzene rings is 1. The highest BCUT2D eigenvalue weighted by molar-refractivity contribution is 6.31. The van der Waals surface area contributed by atoms with Crippen LogP contribution in [-0.2, 0) is 4.74 Å². The Morgan fingerprint density at radius 1 is 1.24 bits per heavy atom. The van der Waals surface area contributed by atoms with E-state index < -0.39 is 6.10 Å². The molecule has 0 aliphatic heterocycles. The van der Waals surface area contributed by atoms with Gasteiger partial charge in [-0.3, -0.25) is 0 Å². The molecule has 4 heteroatoms. The molecule has 1 unspecified atom stereocenters. The van der Waals surface area contributed by atoms with Crippen LogP contribution in [0.1, 0.15) is 51.1 Å². The Balaban J connectivity index is 2.15. The van der Waals surface area contributed by atoms with Crippen molar-refractivity contribution in [3.63, 3.8) is 0 Å². The highest BCUT2D eigenvalue weighted by atomic mass is 35.5. The molecule has 0 aliphatic carbocycles. The molecule has 0 aliphatic rings. The van der Waals surface area contributed by atoms with Gasteiger partial charge in [0, 0.05) is 24.2 Å². The van der Waals surface area contributed by atoms with Gasteiger partial charge in [0.2, 0.25) is 0 Å². The van der Waals surface area contributed by atoms with E-state index >= 15 is 0 Å². The molecular weight excluding hydrogens is 286 g/mol. The van der Waals surface area contributed by atoms with Crippen LogP contribution in [0.15, 0.2) is 24.3 Å². The van der Waals surface area contributed by atoms with Crippen molar-refractivity contribution in [2.75, 3.05) is 19.8 Å². The molecule has 0 amide bonds. The zero-order chi connectivity index (χ0) is 15.5. The number of hydrogen-bond acceptors (Lipinski definition) is 3. The number of unbranched alkanes of at least 4 members (excludes halogenated alkanes) is 3. The van der Waals surface area contributed by atoms with E-state index in [1.165, 1.54) is 19.3 Å². The summed E-state index contributed by atoms with van der Waals surface area (Å²) in [6.07, 6.45) is 4.27. The lowest BCUT2D eigenvalue weighted by Gasteiger charge is -2.18. The molecule has 3 nitrogen and oxygen atoms in total. The molecule has 0 saturated heterocycles. The smallest absolute Gasteiger partial charge is 0.0897 e. The Labute approximate surface area is 133 Å². The minimum atomic E-state index is -0.485. The molecule has 1 rings (SSSR count). The first-order valence-electron chi connectivity index (χ1n) is 7.88. The predicted molar refractivity (Wildman–Crippen MR) is 88.8 cm³/mol. The van der Waals surface area contributed by atoms with Gasteiger partial charge in [0.25, 0.3) is 0 Å². The van der Waals surface area contributed by atoms with E-state index in [1.807, 2.05) is 31.2 Å². The summed E-state index contributed by atoms with van der Waals surface area (Å²) in [5.74, 6) is 0. The van der Waals surface area contributed by atoms with Crippen molar-refractivity contribution in [1.82, 2.24) is 5.32 Å². The lowest BCUT2D eigenvalue weighted by atomic mass is 10.1. The minimum Gasteiger partial charge on any atom is -0.389 e. The Kier molecular flexibility index (Phi) is 9.68. The Hall–Kier alpha value is -0.610. The summed E-state index contributed by atoms with van der Waals surface area (Å²) in [6, 6.07) is 7.87. The molecule has 1 aromatic carbocycles. The van der Waals surface area contributed by atoms with Crippen molar-refractivity contribution in [1.29, 1.82) is 0 Å². The second-order valence-corrected chi connectivity index (χ2v) is 5.85. The van der Waals surface area contributed by atoms with Crippen LogP contribution in [-0.4, -0.2) is 31.0 Å². The number of rotatable bonds is 11. The Morgan fingerprint density at radius 2 is 2.00 bits per heavy atom. The van der Waals surface area contributed by atoms with E-state index in [1.54, 1.807) is 0 Å². The van der Waals surface area contributed by atoms with Crippen molar-refractivity contribution >= 4 is 11.6 Å². The maximum atomic E-state index is 9.90. The van der Waals surface area contributed by atoms with Gasteiger partial charge in [-0.15, -0.1) is 0 Å². The zero-order valence-corrected chi connectivity index (χ0v) is 13.9. The van der Waals surface area contributed by atoms with E-state index in [0.717, 1.165) is 23.6 Å². The molecule has 2 atom stereocenters. The number of aliphatic hydroxyl groups is 1. The molecule has 0 radical (unpaired) electrons. The van der Waals surface area contributed by atoms with Gasteiger partial charge in [-0.05, 0) is 25.0 Å². The third-order valence-corrected chi connectivity index (χ3v) is 3.83. The van der Waals surface area contributed by atoms with Crippen LogP contribution in [0.4, 0.5) is 0 Å². The average Bonchev–Trinajstić information content (AvgIpc) is 2.49. The fourth-order valence-electron chi connectivity index (χ4n) is 2.16. The standard InChI is InChI=1S/C17H28ClNO2/c1-3-4-5-8-11-21-13-15(20)12-19-14(2)16-9-6-7-10-17(16)18/h6-7,9-10,14-15,19-20H,3-5,8,11-13H2,1-2H3/t14-,15?/m1/s1. The number of aliphatic hydroxyl groups excluding tert-OH is 1. The normalized spacial score (nSPS) is 14.1. The quantitative estimate of drug-likeness (QED) is 0.608. The molecule has 0 aromatic heterocycles. The summed E-state index contributed by atoms with van der Waals surface area (Å²) in [4.78, 5) is 0. The first-order valence-corrected chi connectivity index (χ1v) is 8.26. The number of hydrogen-bond donors (Lipinski definition) is 2. The monoisotopic (exact) mass is 313 g/mol. The third-order valence-electron chi connectivity index (χ3n) is 3.48. The van der Waals surface area contributed by atoms with Crippen LogP contribution >= 0.6 is 11.6 Å². The van der Waals surface area contributed by atoms with Crippen LogP contribution in [0.2, 0.25) is 5.02 Å². The van der Waals surface area contributed by atoms with Crippen LogP contribution in [0, 0.1) is 0 Å². The van der Waals surface area contributed by atoms with Crippen molar-refractivity contribution in [3.05, 3.63) is 34.9 Å². The van der Waals surface area contributed by atoms with Gasteiger partial charge >= 0.3 is 0 Å². The molecule has 0 fully saturated rings. The van der Waals surface area contributed by atoms with E-state index in [4.69, 9.17) is 16.3 Å². The molecule has 2 N–H and O–H groups in total. The van der Waals surface area contributed by atoms with Crippen LogP contribution < -0.4 is 5.32 Å². The molecule has 0 heterocycles. The summed E-state index contributed by atoms with van der Waals surface area (Å²) < 4.78 is 5.49.